The van der Waals surface area contributed by atoms with Crippen LogP contribution in [0.2, 0.25) is 0 Å². The van der Waals surface area contributed by atoms with Gasteiger partial charge in [-0.05, 0) is 37.1 Å². The van der Waals surface area contributed by atoms with Crippen LogP contribution in [0.4, 0.5) is 4.79 Å². The van der Waals surface area contributed by atoms with Gasteiger partial charge in [0.1, 0.15) is 0 Å². The summed E-state index contributed by atoms with van der Waals surface area (Å²) in [5.41, 5.74) is 2.62. The summed E-state index contributed by atoms with van der Waals surface area (Å²) in [7, 11) is 0. The molecule has 0 saturated heterocycles. The fraction of sp³-hybridized carbons (Fsp3) is 0.263. The number of carbonyl (C=O) groups excluding carboxylic acids is 1. The van der Waals surface area contributed by atoms with Crippen molar-refractivity contribution < 1.29 is 4.79 Å². The van der Waals surface area contributed by atoms with Crippen molar-refractivity contribution >= 4 is 6.03 Å². The molecule has 0 aliphatic rings. The summed E-state index contributed by atoms with van der Waals surface area (Å²) < 4.78 is 0. The molecule has 0 aliphatic heterocycles. The molecule has 2 amide bonds. The van der Waals surface area contributed by atoms with Crippen LogP contribution in [-0.4, -0.2) is 17.0 Å². The minimum atomic E-state index is -0.105. The van der Waals surface area contributed by atoms with Crippen LogP contribution in [0.25, 0.3) is 0 Å². The highest BCUT2D eigenvalue weighted by atomic mass is 16.2. The van der Waals surface area contributed by atoms with Gasteiger partial charge in [0.15, 0.2) is 0 Å². The Morgan fingerprint density at radius 1 is 1.13 bits per heavy atom. The summed E-state index contributed by atoms with van der Waals surface area (Å²) in [6.07, 6.45) is 0. The van der Waals surface area contributed by atoms with Crippen LogP contribution in [0.15, 0.2) is 54.6 Å². The van der Waals surface area contributed by atoms with Gasteiger partial charge in [0.2, 0.25) is 0 Å². The van der Waals surface area contributed by atoms with E-state index in [1.165, 1.54) is 0 Å². The lowest BCUT2D eigenvalue weighted by molar-refractivity contribution is 0.179. The molecular formula is C19H21N3O. The molecule has 0 spiro atoms. The molecule has 0 saturated carbocycles. The summed E-state index contributed by atoms with van der Waals surface area (Å²) in [5.74, 6) is 0. The SMILES string of the molecule is CC(C)N(Cc1ccccc1)C(=O)NCc1cccc(C#N)c1. The third-order valence-corrected chi connectivity index (χ3v) is 3.58. The number of amides is 2. The Bertz CT molecular complexity index is 689. The lowest BCUT2D eigenvalue weighted by atomic mass is 10.1. The first-order chi connectivity index (χ1) is 11.1. The Balaban J connectivity index is 1.99. The minimum Gasteiger partial charge on any atom is -0.334 e. The highest BCUT2D eigenvalue weighted by Gasteiger charge is 2.16. The van der Waals surface area contributed by atoms with E-state index in [-0.39, 0.29) is 12.1 Å². The molecule has 1 N–H and O–H groups in total. The van der Waals surface area contributed by atoms with E-state index in [9.17, 15) is 4.79 Å². The predicted octanol–water partition coefficient (Wildman–Crippen LogP) is 3.68. The lowest BCUT2D eigenvalue weighted by Gasteiger charge is -2.27. The van der Waals surface area contributed by atoms with Gasteiger partial charge in [-0.3, -0.25) is 0 Å². The maximum absolute atomic E-state index is 12.5. The number of hydrogen-bond acceptors (Lipinski definition) is 2. The summed E-state index contributed by atoms with van der Waals surface area (Å²) in [5, 5.41) is 11.8. The Morgan fingerprint density at radius 3 is 2.48 bits per heavy atom. The van der Waals surface area contributed by atoms with Crippen LogP contribution in [0.5, 0.6) is 0 Å². The van der Waals surface area contributed by atoms with Crippen LogP contribution in [-0.2, 0) is 13.1 Å². The van der Waals surface area contributed by atoms with Gasteiger partial charge in [-0.25, -0.2) is 4.79 Å². The number of hydrogen-bond donors (Lipinski definition) is 1. The Kier molecular flexibility index (Phi) is 5.76. The fourth-order valence-electron chi connectivity index (χ4n) is 2.30. The van der Waals surface area contributed by atoms with E-state index >= 15 is 0 Å². The van der Waals surface area contributed by atoms with Crippen molar-refractivity contribution in [3.63, 3.8) is 0 Å². The standard InChI is InChI=1S/C19H21N3O/c1-15(2)22(14-16-7-4-3-5-8-16)19(23)21-13-18-10-6-9-17(11-18)12-20/h3-11,15H,13-14H2,1-2H3,(H,21,23). The van der Waals surface area contributed by atoms with Gasteiger partial charge in [-0.2, -0.15) is 5.26 Å². The molecule has 0 fully saturated rings. The normalized spacial score (nSPS) is 10.2. The number of nitrogens with one attached hydrogen (secondary N) is 1. The second-order valence-corrected chi connectivity index (χ2v) is 5.68. The molecule has 0 aromatic heterocycles. The predicted molar refractivity (Wildman–Crippen MR) is 90.5 cm³/mol. The number of nitriles is 1. The molecule has 0 atom stereocenters. The van der Waals surface area contributed by atoms with Crippen LogP contribution >= 0.6 is 0 Å². The largest absolute Gasteiger partial charge is 0.334 e. The van der Waals surface area contributed by atoms with Crippen LogP contribution in [0, 0.1) is 11.3 Å². The first-order valence-electron chi connectivity index (χ1n) is 7.67. The topological polar surface area (TPSA) is 56.1 Å². The van der Waals surface area contributed by atoms with E-state index in [4.69, 9.17) is 5.26 Å². The van der Waals surface area contributed by atoms with Crippen LogP contribution < -0.4 is 5.32 Å². The van der Waals surface area contributed by atoms with E-state index in [0.717, 1.165) is 11.1 Å². The quantitative estimate of drug-likeness (QED) is 0.916. The summed E-state index contributed by atoms with van der Waals surface area (Å²) in [6, 6.07) is 19.3. The van der Waals surface area contributed by atoms with E-state index in [2.05, 4.69) is 11.4 Å². The number of rotatable bonds is 5. The summed E-state index contributed by atoms with van der Waals surface area (Å²) in [6.45, 7) is 4.98. The van der Waals surface area contributed by atoms with Crippen molar-refractivity contribution in [1.82, 2.24) is 10.2 Å². The van der Waals surface area contributed by atoms with Crippen molar-refractivity contribution in [3.05, 3.63) is 71.3 Å². The average molecular weight is 307 g/mol. The zero-order chi connectivity index (χ0) is 16.7. The van der Waals surface area contributed by atoms with Crippen molar-refractivity contribution in [2.45, 2.75) is 33.0 Å². The maximum atomic E-state index is 12.5. The molecule has 0 unspecified atom stereocenters. The Morgan fingerprint density at radius 2 is 1.83 bits per heavy atom. The van der Waals surface area contributed by atoms with Crippen molar-refractivity contribution in [1.29, 1.82) is 5.26 Å². The third-order valence-electron chi connectivity index (χ3n) is 3.58. The van der Waals surface area contributed by atoms with E-state index in [1.807, 2.05) is 56.3 Å². The van der Waals surface area contributed by atoms with E-state index < -0.39 is 0 Å². The number of urea groups is 1. The van der Waals surface area contributed by atoms with Gasteiger partial charge < -0.3 is 10.2 Å². The van der Waals surface area contributed by atoms with E-state index in [1.54, 1.807) is 17.0 Å². The number of carbonyl (C=O) groups is 1. The molecule has 4 nitrogen and oxygen atoms in total. The summed E-state index contributed by atoms with van der Waals surface area (Å²) in [4.78, 5) is 14.3. The molecule has 2 aromatic rings. The molecule has 4 heteroatoms. The number of benzene rings is 2. The van der Waals surface area contributed by atoms with Gasteiger partial charge in [0.25, 0.3) is 0 Å². The highest BCUT2D eigenvalue weighted by molar-refractivity contribution is 5.74. The monoisotopic (exact) mass is 307 g/mol. The Labute approximate surface area is 137 Å². The number of nitrogens with zero attached hydrogens (tertiary/aromatic N) is 2. The molecule has 0 bridgehead atoms. The smallest absolute Gasteiger partial charge is 0.318 e. The van der Waals surface area contributed by atoms with Crippen molar-refractivity contribution in [2.24, 2.45) is 0 Å². The van der Waals surface area contributed by atoms with Gasteiger partial charge in [-0.1, -0.05) is 42.5 Å². The summed E-state index contributed by atoms with van der Waals surface area (Å²) >= 11 is 0. The zero-order valence-corrected chi connectivity index (χ0v) is 13.5. The maximum Gasteiger partial charge on any atom is 0.318 e. The molecule has 0 aliphatic carbocycles. The lowest BCUT2D eigenvalue weighted by Crippen LogP contribution is -2.43. The highest BCUT2D eigenvalue weighted by Crippen LogP contribution is 2.09. The van der Waals surface area contributed by atoms with Crippen LogP contribution in [0.3, 0.4) is 0 Å². The molecular weight excluding hydrogens is 286 g/mol. The second kappa shape index (κ2) is 8.00. The first-order valence-corrected chi connectivity index (χ1v) is 7.67. The van der Waals surface area contributed by atoms with Crippen molar-refractivity contribution in [2.75, 3.05) is 0 Å². The average Bonchev–Trinajstić information content (AvgIpc) is 2.58. The third kappa shape index (κ3) is 4.86. The molecule has 0 radical (unpaired) electrons. The molecule has 118 valence electrons. The van der Waals surface area contributed by atoms with Gasteiger partial charge in [-0.15, -0.1) is 0 Å². The van der Waals surface area contributed by atoms with E-state index in [0.29, 0.717) is 18.7 Å². The second-order valence-electron chi connectivity index (χ2n) is 5.68. The first kappa shape index (κ1) is 16.6. The molecule has 2 aromatic carbocycles. The van der Waals surface area contributed by atoms with Crippen molar-refractivity contribution in [3.8, 4) is 6.07 Å². The zero-order valence-electron chi connectivity index (χ0n) is 13.5. The molecule has 0 heterocycles. The van der Waals surface area contributed by atoms with Gasteiger partial charge in [0, 0.05) is 19.1 Å². The minimum absolute atomic E-state index is 0.0978. The van der Waals surface area contributed by atoms with Crippen LogP contribution in [0.1, 0.15) is 30.5 Å². The molecule has 2 rings (SSSR count). The van der Waals surface area contributed by atoms with Gasteiger partial charge >= 0.3 is 6.03 Å². The van der Waals surface area contributed by atoms with Gasteiger partial charge in [0.05, 0.1) is 11.6 Å². The molecule has 23 heavy (non-hydrogen) atoms. The fourth-order valence-corrected chi connectivity index (χ4v) is 2.30. The Hall–Kier alpha value is -2.80.